The van der Waals surface area contributed by atoms with Gasteiger partial charge in [-0.2, -0.15) is 16.9 Å². The van der Waals surface area contributed by atoms with E-state index in [0.717, 1.165) is 25.3 Å². The van der Waals surface area contributed by atoms with Gasteiger partial charge in [-0.3, -0.25) is 4.68 Å². The molecular weight excluding hydrogens is 208 g/mol. The summed E-state index contributed by atoms with van der Waals surface area (Å²) in [6.45, 7) is 1.96. The lowest BCUT2D eigenvalue weighted by Gasteiger charge is -2.18. The van der Waals surface area contributed by atoms with Crippen LogP contribution in [0.4, 0.5) is 5.82 Å². The maximum absolute atomic E-state index is 5.96. The number of nitrogen functional groups attached to an aromatic ring is 1. The molecule has 4 nitrogen and oxygen atoms in total. The lowest BCUT2D eigenvalue weighted by molar-refractivity contribution is 0.465. The Labute approximate surface area is 93.6 Å². The van der Waals surface area contributed by atoms with Crippen molar-refractivity contribution in [3.63, 3.8) is 0 Å². The Hall–Kier alpha value is -0.680. The number of nitrogens with one attached hydrogen (secondary N) is 1. The fraction of sp³-hybridized carbons (Fsp3) is 0.700. The Bertz CT molecular complexity index is 368. The van der Waals surface area contributed by atoms with E-state index in [9.17, 15) is 0 Å². The fourth-order valence-electron chi connectivity index (χ4n) is 2.42. The smallest absolute Gasteiger partial charge is 0.149 e. The second-order valence-electron chi connectivity index (χ2n) is 4.20. The minimum absolute atomic E-state index is 0.570. The zero-order chi connectivity index (χ0) is 10.3. The molecule has 0 spiro atoms. The summed E-state index contributed by atoms with van der Waals surface area (Å²) in [5, 5.41) is 7.91. The van der Waals surface area contributed by atoms with E-state index in [2.05, 4.69) is 15.1 Å². The largest absolute Gasteiger partial charge is 0.382 e. The summed E-state index contributed by atoms with van der Waals surface area (Å²) in [5.41, 5.74) is 8.57. The second kappa shape index (κ2) is 3.72. The number of aromatic nitrogens is 2. The minimum Gasteiger partial charge on any atom is -0.382 e. The highest BCUT2D eigenvalue weighted by Crippen LogP contribution is 2.31. The van der Waals surface area contributed by atoms with Gasteiger partial charge in [0.15, 0.2) is 0 Å². The van der Waals surface area contributed by atoms with Gasteiger partial charge in [-0.15, -0.1) is 0 Å². The molecule has 1 unspecified atom stereocenters. The van der Waals surface area contributed by atoms with Gasteiger partial charge in [0.1, 0.15) is 5.82 Å². The molecule has 3 rings (SSSR count). The first-order chi connectivity index (χ1) is 7.36. The van der Waals surface area contributed by atoms with E-state index in [0.29, 0.717) is 6.04 Å². The number of fused-ring (bicyclic) bond motifs is 1. The third-order valence-corrected chi connectivity index (χ3v) is 4.39. The molecule has 0 radical (unpaired) electrons. The number of nitrogens with two attached hydrogens (primary N) is 1. The molecule has 0 aliphatic carbocycles. The van der Waals surface area contributed by atoms with Gasteiger partial charge in [-0.1, -0.05) is 0 Å². The SMILES string of the molecule is Nc1nn(C2CCSC2)c2c1CCNC2. The molecule has 0 amide bonds. The van der Waals surface area contributed by atoms with E-state index in [1.807, 2.05) is 11.8 Å². The number of hydrogen-bond acceptors (Lipinski definition) is 4. The first kappa shape index (κ1) is 9.54. The molecule has 2 aliphatic rings. The summed E-state index contributed by atoms with van der Waals surface area (Å²) in [6.07, 6.45) is 2.26. The van der Waals surface area contributed by atoms with Gasteiger partial charge in [-0.25, -0.2) is 0 Å². The highest BCUT2D eigenvalue weighted by molar-refractivity contribution is 7.99. The van der Waals surface area contributed by atoms with Crippen molar-refractivity contribution in [3.8, 4) is 0 Å². The van der Waals surface area contributed by atoms with Gasteiger partial charge < -0.3 is 11.1 Å². The zero-order valence-corrected chi connectivity index (χ0v) is 9.52. The van der Waals surface area contributed by atoms with Crippen LogP contribution in [0.25, 0.3) is 0 Å². The Morgan fingerprint density at radius 2 is 2.47 bits per heavy atom. The van der Waals surface area contributed by atoms with Crippen molar-refractivity contribution in [2.45, 2.75) is 25.4 Å². The summed E-state index contributed by atoms with van der Waals surface area (Å²) in [6, 6.07) is 0.570. The molecule has 0 saturated carbocycles. The molecule has 82 valence electrons. The van der Waals surface area contributed by atoms with Gasteiger partial charge in [0.25, 0.3) is 0 Å². The zero-order valence-electron chi connectivity index (χ0n) is 8.70. The summed E-state index contributed by atoms with van der Waals surface area (Å²) in [4.78, 5) is 0. The van der Waals surface area contributed by atoms with Crippen LogP contribution in [0, 0.1) is 0 Å². The third kappa shape index (κ3) is 1.54. The van der Waals surface area contributed by atoms with E-state index in [1.165, 1.54) is 29.2 Å². The van der Waals surface area contributed by atoms with Crippen LogP contribution >= 0.6 is 11.8 Å². The van der Waals surface area contributed by atoms with Crippen molar-refractivity contribution in [1.82, 2.24) is 15.1 Å². The number of rotatable bonds is 1. The normalized spacial score (nSPS) is 25.5. The molecule has 0 bridgehead atoms. The molecule has 1 atom stereocenters. The highest BCUT2D eigenvalue weighted by atomic mass is 32.2. The van der Waals surface area contributed by atoms with E-state index in [1.54, 1.807) is 0 Å². The fourth-order valence-corrected chi connectivity index (χ4v) is 3.61. The van der Waals surface area contributed by atoms with Crippen LogP contribution in [-0.2, 0) is 13.0 Å². The van der Waals surface area contributed by atoms with Gasteiger partial charge in [0.2, 0.25) is 0 Å². The first-order valence-electron chi connectivity index (χ1n) is 5.50. The Morgan fingerprint density at radius 1 is 1.53 bits per heavy atom. The number of thioether (sulfide) groups is 1. The van der Waals surface area contributed by atoms with Gasteiger partial charge >= 0.3 is 0 Å². The van der Waals surface area contributed by atoms with Gasteiger partial charge in [-0.05, 0) is 25.1 Å². The van der Waals surface area contributed by atoms with Crippen molar-refractivity contribution >= 4 is 17.6 Å². The maximum atomic E-state index is 5.96. The molecule has 0 aromatic carbocycles. The summed E-state index contributed by atoms with van der Waals surface area (Å²) in [7, 11) is 0. The van der Waals surface area contributed by atoms with Crippen LogP contribution < -0.4 is 11.1 Å². The number of anilines is 1. The van der Waals surface area contributed by atoms with E-state index in [4.69, 9.17) is 5.73 Å². The molecule has 5 heteroatoms. The highest BCUT2D eigenvalue weighted by Gasteiger charge is 2.25. The molecule has 1 aromatic heterocycles. The molecule has 3 heterocycles. The molecule has 15 heavy (non-hydrogen) atoms. The monoisotopic (exact) mass is 224 g/mol. The molecular formula is C10H16N4S. The Morgan fingerprint density at radius 3 is 3.27 bits per heavy atom. The van der Waals surface area contributed by atoms with Crippen LogP contribution in [0.5, 0.6) is 0 Å². The average molecular weight is 224 g/mol. The standard InChI is InChI=1S/C10H16N4S/c11-10-8-1-3-12-5-9(8)14(13-10)7-2-4-15-6-7/h7,12H,1-6H2,(H2,11,13). The molecule has 3 N–H and O–H groups in total. The van der Waals surface area contributed by atoms with E-state index < -0.39 is 0 Å². The van der Waals surface area contributed by atoms with Crippen molar-refractivity contribution in [2.24, 2.45) is 0 Å². The third-order valence-electron chi connectivity index (χ3n) is 3.25. The molecule has 1 aromatic rings. The summed E-state index contributed by atoms with van der Waals surface area (Å²) in [5.74, 6) is 3.20. The lowest BCUT2D eigenvalue weighted by Crippen LogP contribution is -2.26. The van der Waals surface area contributed by atoms with E-state index >= 15 is 0 Å². The predicted octanol–water partition coefficient (Wildman–Crippen LogP) is 0.789. The molecule has 2 aliphatic heterocycles. The number of nitrogens with zero attached hydrogens (tertiary/aromatic N) is 2. The van der Waals surface area contributed by atoms with Crippen molar-refractivity contribution in [1.29, 1.82) is 0 Å². The number of hydrogen-bond donors (Lipinski definition) is 2. The van der Waals surface area contributed by atoms with Crippen LogP contribution in [-0.4, -0.2) is 27.8 Å². The van der Waals surface area contributed by atoms with Crippen molar-refractivity contribution in [3.05, 3.63) is 11.3 Å². The topological polar surface area (TPSA) is 55.9 Å². The summed E-state index contributed by atoms with van der Waals surface area (Å²) < 4.78 is 2.18. The average Bonchev–Trinajstić information content (AvgIpc) is 2.87. The van der Waals surface area contributed by atoms with Crippen molar-refractivity contribution in [2.75, 3.05) is 23.8 Å². The van der Waals surface area contributed by atoms with Crippen LogP contribution in [0.3, 0.4) is 0 Å². The van der Waals surface area contributed by atoms with Gasteiger partial charge in [0.05, 0.1) is 11.7 Å². The predicted molar refractivity (Wildman–Crippen MR) is 63.0 cm³/mol. The Kier molecular flexibility index (Phi) is 2.36. The quantitative estimate of drug-likeness (QED) is 0.740. The maximum Gasteiger partial charge on any atom is 0.149 e. The second-order valence-corrected chi connectivity index (χ2v) is 5.35. The minimum atomic E-state index is 0.570. The van der Waals surface area contributed by atoms with Crippen LogP contribution in [0.2, 0.25) is 0 Å². The van der Waals surface area contributed by atoms with Crippen LogP contribution in [0.1, 0.15) is 23.7 Å². The lowest BCUT2D eigenvalue weighted by atomic mass is 10.1. The van der Waals surface area contributed by atoms with Crippen LogP contribution in [0.15, 0.2) is 0 Å². The molecule has 1 saturated heterocycles. The van der Waals surface area contributed by atoms with Gasteiger partial charge in [0, 0.05) is 17.9 Å². The first-order valence-corrected chi connectivity index (χ1v) is 6.66. The molecule has 1 fully saturated rings. The van der Waals surface area contributed by atoms with Crippen molar-refractivity contribution < 1.29 is 0 Å². The van der Waals surface area contributed by atoms with E-state index in [-0.39, 0.29) is 0 Å². The summed E-state index contributed by atoms with van der Waals surface area (Å²) >= 11 is 2.01. The Balaban J connectivity index is 1.99.